The Balaban J connectivity index is 1.69. The van der Waals surface area contributed by atoms with Crippen LogP contribution < -0.4 is 10.5 Å². The molecule has 3 aromatic rings. The minimum Gasteiger partial charge on any atom is -0.428 e. The Hall–Kier alpha value is -3.10. The van der Waals surface area contributed by atoms with E-state index in [9.17, 15) is 22.4 Å². The third-order valence-electron chi connectivity index (χ3n) is 8.40. The van der Waals surface area contributed by atoms with Gasteiger partial charge >= 0.3 is 12.5 Å². The third-order valence-corrected chi connectivity index (χ3v) is 8.40. The maximum atomic E-state index is 13.8. The molecule has 1 amide bonds. The number of carbonyl (C=O) groups excluding carboxylic acids is 1. The van der Waals surface area contributed by atoms with E-state index >= 15 is 0 Å². The first-order valence-corrected chi connectivity index (χ1v) is 13.5. The summed E-state index contributed by atoms with van der Waals surface area (Å²) >= 11 is 0. The van der Waals surface area contributed by atoms with Crippen LogP contribution in [0.2, 0.25) is 0 Å². The van der Waals surface area contributed by atoms with Gasteiger partial charge in [0.2, 0.25) is 5.91 Å². The van der Waals surface area contributed by atoms with Crippen LogP contribution in [0.4, 0.5) is 17.6 Å². The standard InChI is InChI=1S/C29H33F4N3O2/c30-26(31)29(32,33)38-22-17-15-19(16-18-22)25-35-23-13-7-8-14-24(23)36(25)28(27(34)37,20-9-3-1-4-10-20)21-11-5-2-6-12-21/h7-8,13-18,20-21,26H,1-6,9-12H2,(H2,34,37). The summed E-state index contributed by atoms with van der Waals surface area (Å²) in [6.07, 6.45) is 1.36. The van der Waals surface area contributed by atoms with Gasteiger partial charge in [0.1, 0.15) is 17.1 Å². The number of nitrogens with zero attached hydrogens (tertiary/aromatic N) is 2. The third kappa shape index (κ3) is 4.64. The molecular formula is C29H33F4N3O2. The first-order valence-electron chi connectivity index (χ1n) is 13.5. The number of imidazole rings is 1. The maximum Gasteiger partial charge on any atom is 0.461 e. The molecule has 0 unspecified atom stereocenters. The molecule has 2 aliphatic rings. The highest BCUT2D eigenvalue weighted by molar-refractivity contribution is 5.89. The molecule has 1 heterocycles. The first kappa shape index (κ1) is 26.5. The van der Waals surface area contributed by atoms with Crippen LogP contribution in [-0.2, 0) is 10.3 Å². The van der Waals surface area contributed by atoms with Crippen molar-refractivity contribution in [2.24, 2.45) is 17.6 Å². The van der Waals surface area contributed by atoms with Gasteiger partial charge in [-0.15, -0.1) is 0 Å². The van der Waals surface area contributed by atoms with E-state index < -0.39 is 18.1 Å². The summed E-state index contributed by atoms with van der Waals surface area (Å²) in [5.41, 5.74) is 7.48. The molecule has 38 heavy (non-hydrogen) atoms. The molecule has 5 rings (SSSR count). The minimum absolute atomic E-state index is 0.0422. The van der Waals surface area contributed by atoms with E-state index in [-0.39, 0.29) is 23.5 Å². The Labute approximate surface area is 219 Å². The van der Waals surface area contributed by atoms with Crippen molar-refractivity contribution in [2.45, 2.75) is 82.3 Å². The summed E-state index contributed by atoms with van der Waals surface area (Å²) in [5, 5.41) is 0. The normalized spacial score (nSPS) is 18.2. The second-order valence-electron chi connectivity index (χ2n) is 10.6. The lowest BCUT2D eigenvalue weighted by Crippen LogP contribution is -2.58. The Bertz CT molecular complexity index is 1240. The molecule has 0 radical (unpaired) electrons. The molecule has 0 atom stereocenters. The lowest BCUT2D eigenvalue weighted by Gasteiger charge is -2.48. The number of fused-ring (bicyclic) bond motifs is 1. The van der Waals surface area contributed by atoms with Crippen molar-refractivity contribution in [3.63, 3.8) is 0 Å². The average Bonchev–Trinajstić information content (AvgIpc) is 3.30. The fourth-order valence-corrected chi connectivity index (χ4v) is 6.76. The van der Waals surface area contributed by atoms with Gasteiger partial charge in [0.25, 0.3) is 0 Å². The zero-order valence-corrected chi connectivity index (χ0v) is 21.2. The van der Waals surface area contributed by atoms with Gasteiger partial charge in [0, 0.05) is 5.56 Å². The minimum atomic E-state index is -4.60. The Morgan fingerprint density at radius 1 is 0.895 bits per heavy atom. The van der Waals surface area contributed by atoms with Gasteiger partial charge in [0.15, 0.2) is 0 Å². The molecule has 1 aromatic heterocycles. The van der Waals surface area contributed by atoms with E-state index in [0.717, 1.165) is 69.7 Å². The van der Waals surface area contributed by atoms with Crippen LogP contribution in [0.5, 0.6) is 5.75 Å². The van der Waals surface area contributed by atoms with Crippen molar-refractivity contribution in [1.82, 2.24) is 9.55 Å². The van der Waals surface area contributed by atoms with Crippen LogP contribution in [0.15, 0.2) is 48.5 Å². The van der Waals surface area contributed by atoms with Gasteiger partial charge in [0.05, 0.1) is 11.0 Å². The largest absolute Gasteiger partial charge is 0.461 e. The number of rotatable bonds is 8. The predicted molar refractivity (Wildman–Crippen MR) is 137 cm³/mol. The number of aromatic nitrogens is 2. The molecule has 0 spiro atoms. The van der Waals surface area contributed by atoms with Crippen molar-refractivity contribution in [3.8, 4) is 17.1 Å². The van der Waals surface area contributed by atoms with E-state index in [1.165, 1.54) is 24.3 Å². The van der Waals surface area contributed by atoms with Gasteiger partial charge in [-0.3, -0.25) is 4.79 Å². The summed E-state index contributed by atoms with van der Waals surface area (Å²) in [4.78, 5) is 18.7. The number of carbonyl (C=O) groups is 1. The van der Waals surface area contributed by atoms with Crippen LogP contribution >= 0.6 is 0 Å². The number of ether oxygens (including phenoxy) is 1. The van der Waals surface area contributed by atoms with Crippen LogP contribution in [0.1, 0.15) is 64.2 Å². The summed E-state index contributed by atoms with van der Waals surface area (Å²) in [7, 11) is 0. The van der Waals surface area contributed by atoms with Crippen LogP contribution in [0.3, 0.4) is 0 Å². The number of benzene rings is 2. The monoisotopic (exact) mass is 531 g/mol. The number of nitrogens with two attached hydrogens (primary N) is 1. The van der Waals surface area contributed by atoms with Crippen LogP contribution in [-0.4, -0.2) is 28.0 Å². The van der Waals surface area contributed by atoms with Gasteiger partial charge in [-0.05, 0) is 73.9 Å². The number of amides is 1. The number of halogens is 4. The van der Waals surface area contributed by atoms with Crippen molar-refractivity contribution in [2.75, 3.05) is 0 Å². The molecule has 0 bridgehead atoms. The van der Waals surface area contributed by atoms with E-state index in [1.54, 1.807) is 0 Å². The lowest BCUT2D eigenvalue weighted by molar-refractivity contribution is -0.253. The van der Waals surface area contributed by atoms with Crippen LogP contribution in [0.25, 0.3) is 22.4 Å². The van der Waals surface area contributed by atoms with E-state index in [2.05, 4.69) is 4.74 Å². The molecular weight excluding hydrogens is 498 g/mol. The SMILES string of the molecule is NC(=O)C(C1CCCCC1)(C1CCCCC1)n1c(-c2ccc(OC(F)(F)C(F)F)cc2)nc2ccccc21. The topological polar surface area (TPSA) is 70.1 Å². The highest BCUT2D eigenvalue weighted by atomic mass is 19.3. The van der Waals surface area contributed by atoms with Gasteiger partial charge < -0.3 is 15.0 Å². The molecule has 204 valence electrons. The van der Waals surface area contributed by atoms with E-state index in [4.69, 9.17) is 10.7 Å². The molecule has 2 aliphatic carbocycles. The van der Waals surface area contributed by atoms with Gasteiger partial charge in [-0.25, -0.2) is 4.98 Å². The van der Waals surface area contributed by atoms with Crippen molar-refractivity contribution < 1.29 is 27.1 Å². The fraction of sp³-hybridized carbons (Fsp3) is 0.517. The first-order chi connectivity index (χ1) is 18.2. The molecule has 0 aliphatic heterocycles. The van der Waals surface area contributed by atoms with E-state index in [0.29, 0.717) is 16.9 Å². The smallest absolute Gasteiger partial charge is 0.428 e. The highest BCUT2D eigenvalue weighted by Crippen LogP contribution is 2.50. The second-order valence-corrected chi connectivity index (χ2v) is 10.6. The number of hydrogen-bond donors (Lipinski definition) is 1. The summed E-state index contributed by atoms with van der Waals surface area (Å²) in [6.45, 7) is 0. The molecule has 0 saturated heterocycles. The Kier molecular flexibility index (Phi) is 7.38. The quantitative estimate of drug-likeness (QED) is 0.311. The molecule has 2 fully saturated rings. The zero-order chi connectivity index (χ0) is 26.9. The number of primary amides is 1. The van der Waals surface area contributed by atoms with Crippen molar-refractivity contribution in [1.29, 1.82) is 0 Å². The van der Waals surface area contributed by atoms with Crippen molar-refractivity contribution >= 4 is 16.9 Å². The summed E-state index contributed by atoms with van der Waals surface area (Å²) < 4.78 is 58.5. The average molecular weight is 532 g/mol. The lowest BCUT2D eigenvalue weighted by atomic mass is 9.63. The molecule has 2 aromatic carbocycles. The summed E-state index contributed by atoms with van der Waals surface area (Å²) in [6, 6.07) is 13.1. The predicted octanol–water partition coefficient (Wildman–Crippen LogP) is 7.28. The molecule has 9 heteroatoms. The fourth-order valence-electron chi connectivity index (χ4n) is 6.76. The number of alkyl halides is 4. The number of hydrogen-bond acceptors (Lipinski definition) is 3. The second kappa shape index (κ2) is 10.6. The molecule has 2 saturated carbocycles. The van der Waals surface area contributed by atoms with Gasteiger partial charge in [-0.1, -0.05) is 50.7 Å². The molecule has 2 N–H and O–H groups in total. The maximum absolute atomic E-state index is 13.8. The Morgan fingerprint density at radius 3 is 1.97 bits per heavy atom. The van der Waals surface area contributed by atoms with Crippen molar-refractivity contribution in [3.05, 3.63) is 48.5 Å². The zero-order valence-electron chi connectivity index (χ0n) is 21.2. The van der Waals surface area contributed by atoms with Gasteiger partial charge in [-0.2, -0.15) is 17.6 Å². The Morgan fingerprint density at radius 2 is 1.45 bits per heavy atom. The highest BCUT2D eigenvalue weighted by Gasteiger charge is 2.53. The van der Waals surface area contributed by atoms with Crippen LogP contribution in [0, 0.1) is 11.8 Å². The molecule has 5 nitrogen and oxygen atoms in total. The van der Waals surface area contributed by atoms with E-state index in [1.807, 2.05) is 28.8 Å². The number of para-hydroxylation sites is 2. The summed E-state index contributed by atoms with van der Waals surface area (Å²) in [5.74, 6) is -0.158.